The average Bonchev–Trinajstić information content (AvgIpc) is 2.70. The van der Waals surface area contributed by atoms with Gasteiger partial charge in [0, 0.05) is 11.1 Å². The first-order valence-electron chi connectivity index (χ1n) is 8.76. The molecule has 0 bridgehead atoms. The Bertz CT molecular complexity index is 780. The van der Waals surface area contributed by atoms with Crippen molar-refractivity contribution in [3.63, 3.8) is 0 Å². The van der Waals surface area contributed by atoms with Gasteiger partial charge in [-0.3, -0.25) is 10.8 Å². The molecule has 8 nitrogen and oxygen atoms in total. The van der Waals surface area contributed by atoms with Crippen molar-refractivity contribution in [3.05, 3.63) is 47.5 Å². The first-order valence-corrected chi connectivity index (χ1v) is 8.76. The Morgan fingerprint density at radius 1 is 0.700 bits per heavy atom. The zero-order chi connectivity index (χ0) is 20.5. The molecule has 0 heterocycles. The Morgan fingerprint density at radius 2 is 1.07 bits per heavy atom. The minimum Gasteiger partial charge on any atom is -0.493 e. The number of ether oxygens (including phenoxy) is 4. The SMILES string of the molecule is COc1cc(C(=N)N)ccc1OCCCCOc1ccc(C(=N)N)cc1OC.Cl.Cl. The molecule has 0 aromatic heterocycles. The van der Waals surface area contributed by atoms with Gasteiger partial charge in [0.25, 0.3) is 0 Å². The summed E-state index contributed by atoms with van der Waals surface area (Å²) in [5.41, 5.74) is 12.1. The highest BCUT2D eigenvalue weighted by molar-refractivity contribution is 5.96. The summed E-state index contributed by atoms with van der Waals surface area (Å²) >= 11 is 0. The second-order valence-electron chi connectivity index (χ2n) is 5.96. The van der Waals surface area contributed by atoms with Gasteiger partial charge in [0.05, 0.1) is 27.4 Å². The lowest BCUT2D eigenvalue weighted by molar-refractivity contribution is 0.252. The van der Waals surface area contributed by atoms with Gasteiger partial charge in [-0.25, -0.2) is 0 Å². The Balaban J connectivity index is 0.00000420. The molecule has 166 valence electrons. The van der Waals surface area contributed by atoms with Gasteiger partial charge in [-0.1, -0.05) is 0 Å². The van der Waals surface area contributed by atoms with E-state index in [1.54, 1.807) is 50.6 Å². The number of nitrogen functional groups attached to an aromatic ring is 2. The lowest BCUT2D eigenvalue weighted by Gasteiger charge is -2.13. The molecule has 0 aliphatic rings. The second-order valence-corrected chi connectivity index (χ2v) is 5.96. The number of benzene rings is 2. The summed E-state index contributed by atoms with van der Waals surface area (Å²) in [5, 5.41) is 14.9. The summed E-state index contributed by atoms with van der Waals surface area (Å²) in [6, 6.07) is 10.3. The lowest BCUT2D eigenvalue weighted by Crippen LogP contribution is -2.11. The molecule has 0 fully saturated rings. The van der Waals surface area contributed by atoms with Crippen molar-refractivity contribution < 1.29 is 18.9 Å². The summed E-state index contributed by atoms with van der Waals surface area (Å²) in [4.78, 5) is 0. The van der Waals surface area contributed by atoms with Gasteiger partial charge in [-0.15, -0.1) is 24.8 Å². The molecule has 30 heavy (non-hydrogen) atoms. The van der Waals surface area contributed by atoms with E-state index in [1.165, 1.54) is 0 Å². The maximum atomic E-state index is 7.47. The molecule has 2 aromatic rings. The minimum absolute atomic E-state index is 0. The summed E-state index contributed by atoms with van der Waals surface area (Å²) in [7, 11) is 3.09. The van der Waals surface area contributed by atoms with Crippen LogP contribution in [0.3, 0.4) is 0 Å². The summed E-state index contributed by atoms with van der Waals surface area (Å²) in [6.45, 7) is 0.999. The molecule has 0 radical (unpaired) electrons. The van der Waals surface area contributed by atoms with Crippen molar-refractivity contribution in [3.8, 4) is 23.0 Å². The van der Waals surface area contributed by atoms with Crippen LogP contribution >= 0.6 is 24.8 Å². The van der Waals surface area contributed by atoms with E-state index in [2.05, 4.69) is 0 Å². The predicted molar refractivity (Wildman–Crippen MR) is 123 cm³/mol. The number of nitrogens with two attached hydrogens (primary N) is 2. The molecule has 2 rings (SSSR count). The third-order valence-electron chi connectivity index (χ3n) is 4.00. The number of nitrogens with one attached hydrogen (secondary N) is 2. The molecule has 10 heteroatoms. The van der Waals surface area contributed by atoms with Crippen molar-refractivity contribution in [2.24, 2.45) is 11.5 Å². The molecule has 6 N–H and O–H groups in total. The average molecular weight is 459 g/mol. The van der Waals surface area contributed by atoms with Crippen LogP contribution < -0.4 is 30.4 Å². The fourth-order valence-electron chi connectivity index (χ4n) is 2.48. The first-order chi connectivity index (χ1) is 13.5. The van der Waals surface area contributed by atoms with Gasteiger partial charge in [-0.2, -0.15) is 0 Å². The standard InChI is InChI=1S/C20H26N4O4.2ClH/c1-25-17-11-13(19(21)22)5-7-15(17)27-9-3-4-10-28-16-8-6-14(20(23)24)12-18(16)26-2;;/h5-8,11-12H,3-4,9-10H2,1-2H3,(H3,21,22)(H3,23,24);2*1H. The van der Waals surface area contributed by atoms with E-state index in [9.17, 15) is 0 Å². The monoisotopic (exact) mass is 458 g/mol. The topological polar surface area (TPSA) is 137 Å². The second kappa shape index (κ2) is 13.4. The van der Waals surface area contributed by atoms with Crippen LogP contribution in [0, 0.1) is 10.8 Å². The molecular weight excluding hydrogens is 431 g/mol. The normalized spacial score (nSPS) is 9.53. The molecule has 0 spiro atoms. The van der Waals surface area contributed by atoms with Crippen LogP contribution in [0.5, 0.6) is 23.0 Å². The number of halogens is 2. The minimum atomic E-state index is -0.0197. The Labute approximate surface area is 188 Å². The highest BCUT2D eigenvalue weighted by Gasteiger charge is 2.09. The van der Waals surface area contributed by atoms with Crippen LogP contribution in [0.1, 0.15) is 24.0 Å². The van der Waals surface area contributed by atoms with Gasteiger partial charge < -0.3 is 30.4 Å². The highest BCUT2D eigenvalue weighted by atomic mass is 35.5. The predicted octanol–water partition coefficient (Wildman–Crippen LogP) is 3.35. The van der Waals surface area contributed by atoms with Gasteiger partial charge >= 0.3 is 0 Å². The number of unbranched alkanes of at least 4 members (excludes halogenated alkanes) is 1. The third-order valence-corrected chi connectivity index (χ3v) is 4.00. The summed E-state index contributed by atoms with van der Waals surface area (Å²) in [5.74, 6) is 2.26. The first kappa shape index (κ1) is 27.2. The number of hydrogen-bond donors (Lipinski definition) is 4. The van der Waals surface area contributed by atoms with E-state index in [4.69, 9.17) is 41.2 Å². The number of hydrogen-bond acceptors (Lipinski definition) is 6. The van der Waals surface area contributed by atoms with E-state index < -0.39 is 0 Å². The summed E-state index contributed by atoms with van der Waals surface area (Å²) < 4.78 is 22.1. The Hall–Kier alpha value is -2.84. The fraction of sp³-hybridized carbons (Fsp3) is 0.300. The van der Waals surface area contributed by atoms with Crippen LogP contribution in [0.4, 0.5) is 0 Å². The van der Waals surface area contributed by atoms with Crippen molar-refractivity contribution in [2.75, 3.05) is 27.4 Å². The molecule has 2 aromatic carbocycles. The van der Waals surface area contributed by atoms with E-state index in [0.717, 1.165) is 12.8 Å². The molecule has 0 aliphatic heterocycles. The van der Waals surface area contributed by atoms with Gasteiger partial charge in [0.2, 0.25) is 0 Å². The Kier molecular flexibility index (Phi) is 12.1. The van der Waals surface area contributed by atoms with E-state index in [-0.39, 0.29) is 36.5 Å². The van der Waals surface area contributed by atoms with Crippen molar-refractivity contribution in [2.45, 2.75) is 12.8 Å². The van der Waals surface area contributed by atoms with Gasteiger partial charge in [0.15, 0.2) is 23.0 Å². The largest absolute Gasteiger partial charge is 0.493 e. The molecule has 0 unspecified atom stereocenters. The molecule has 0 aliphatic carbocycles. The number of rotatable bonds is 11. The smallest absolute Gasteiger partial charge is 0.161 e. The van der Waals surface area contributed by atoms with Crippen LogP contribution in [-0.2, 0) is 0 Å². The maximum Gasteiger partial charge on any atom is 0.161 e. The van der Waals surface area contributed by atoms with Gasteiger partial charge in [-0.05, 0) is 49.2 Å². The quantitative estimate of drug-likeness (QED) is 0.231. The summed E-state index contributed by atoms with van der Waals surface area (Å²) in [6.07, 6.45) is 1.57. The fourth-order valence-corrected chi connectivity index (χ4v) is 2.48. The molecular formula is C20H28Cl2N4O4. The van der Waals surface area contributed by atoms with Crippen LogP contribution in [-0.4, -0.2) is 39.1 Å². The van der Waals surface area contributed by atoms with Crippen LogP contribution in [0.2, 0.25) is 0 Å². The molecule has 0 amide bonds. The molecule has 0 atom stereocenters. The van der Waals surface area contributed by atoms with Crippen molar-refractivity contribution >= 4 is 36.5 Å². The molecule has 0 saturated carbocycles. The zero-order valence-corrected chi connectivity index (χ0v) is 18.5. The Morgan fingerprint density at radius 3 is 1.37 bits per heavy atom. The van der Waals surface area contributed by atoms with E-state index in [0.29, 0.717) is 47.3 Å². The zero-order valence-electron chi connectivity index (χ0n) is 16.9. The van der Waals surface area contributed by atoms with Crippen LogP contribution in [0.15, 0.2) is 36.4 Å². The number of amidine groups is 2. The highest BCUT2D eigenvalue weighted by Crippen LogP contribution is 2.29. The number of methoxy groups -OCH3 is 2. The molecule has 0 saturated heterocycles. The van der Waals surface area contributed by atoms with E-state index >= 15 is 0 Å². The van der Waals surface area contributed by atoms with Crippen molar-refractivity contribution in [1.29, 1.82) is 10.8 Å². The van der Waals surface area contributed by atoms with E-state index in [1.807, 2.05) is 0 Å². The van der Waals surface area contributed by atoms with Crippen molar-refractivity contribution in [1.82, 2.24) is 0 Å². The third kappa shape index (κ3) is 7.53. The lowest BCUT2D eigenvalue weighted by atomic mass is 10.2. The maximum absolute atomic E-state index is 7.47. The van der Waals surface area contributed by atoms with Gasteiger partial charge in [0.1, 0.15) is 11.7 Å². The van der Waals surface area contributed by atoms with Crippen LogP contribution in [0.25, 0.3) is 0 Å².